The van der Waals surface area contributed by atoms with Crippen LogP contribution in [0.25, 0.3) is 0 Å². The minimum Gasteiger partial charge on any atom is -0.354 e. The molecule has 1 N–H and O–H groups in total. The van der Waals surface area contributed by atoms with Gasteiger partial charge in [-0.2, -0.15) is 0 Å². The smallest absolute Gasteiger partial charge is 0.269 e. The monoisotopic (exact) mass is 539 g/mol. The van der Waals surface area contributed by atoms with E-state index in [4.69, 9.17) is 23.2 Å². The molecule has 188 valence electrons. The van der Waals surface area contributed by atoms with E-state index in [0.717, 1.165) is 10.7 Å². The third kappa shape index (κ3) is 5.79. The van der Waals surface area contributed by atoms with Crippen LogP contribution in [0.2, 0.25) is 10.0 Å². The molecule has 1 aliphatic rings. The molecule has 35 heavy (non-hydrogen) atoms. The first-order valence-corrected chi connectivity index (χ1v) is 13.4. The number of carbonyl (C=O) groups is 3. The zero-order chi connectivity index (χ0) is 25.8. The summed E-state index contributed by atoms with van der Waals surface area (Å²) in [5.41, 5.74) is 0.627. The predicted molar refractivity (Wildman–Crippen MR) is 134 cm³/mol. The van der Waals surface area contributed by atoms with E-state index in [1.54, 1.807) is 37.3 Å². The molecule has 1 atom stereocenters. The molecule has 0 saturated heterocycles. The molecule has 0 saturated carbocycles. The highest BCUT2D eigenvalue weighted by Gasteiger charge is 2.40. The fraction of sp³-hybridized carbons (Fsp3) is 0.375. The minimum absolute atomic E-state index is 0.00440. The Labute approximate surface area is 215 Å². The zero-order valence-electron chi connectivity index (χ0n) is 19.5. The summed E-state index contributed by atoms with van der Waals surface area (Å²) in [5.74, 6) is -1.32. The summed E-state index contributed by atoms with van der Waals surface area (Å²) in [7, 11) is -3.95. The number of carbonyl (C=O) groups excluding carboxylic acids is 3. The van der Waals surface area contributed by atoms with Crippen LogP contribution in [-0.4, -0.2) is 54.5 Å². The third-order valence-electron chi connectivity index (χ3n) is 5.77. The molecular weight excluding hydrogens is 513 g/mol. The van der Waals surface area contributed by atoms with Crippen LogP contribution in [0.3, 0.4) is 0 Å². The van der Waals surface area contributed by atoms with Crippen LogP contribution in [0, 0.1) is 0 Å². The van der Waals surface area contributed by atoms with Gasteiger partial charge in [-0.1, -0.05) is 48.3 Å². The number of hydrogen-bond acceptors (Lipinski definition) is 5. The average Bonchev–Trinajstić information content (AvgIpc) is 3.02. The van der Waals surface area contributed by atoms with Crippen LogP contribution in [0.15, 0.2) is 47.4 Å². The third-order valence-corrected chi connectivity index (χ3v) is 8.32. The number of halogens is 2. The molecule has 0 aromatic heterocycles. The Morgan fingerprint density at radius 2 is 1.74 bits per heavy atom. The molecule has 2 aromatic rings. The average molecular weight is 540 g/mol. The maximum atomic E-state index is 13.2. The molecule has 8 nitrogen and oxygen atoms in total. The molecule has 0 aliphatic carbocycles. The van der Waals surface area contributed by atoms with Gasteiger partial charge in [-0.25, -0.2) is 12.7 Å². The normalized spacial score (nSPS) is 15.0. The summed E-state index contributed by atoms with van der Waals surface area (Å²) in [5, 5.41) is 3.51. The van der Waals surface area contributed by atoms with Crippen molar-refractivity contribution in [2.24, 2.45) is 0 Å². The maximum Gasteiger partial charge on any atom is 0.269 e. The van der Waals surface area contributed by atoms with Crippen LogP contribution >= 0.6 is 23.2 Å². The number of amides is 3. The second-order valence-corrected chi connectivity index (χ2v) is 10.8. The molecule has 2 aromatic carbocycles. The number of nitrogens with zero attached hydrogens (tertiary/aromatic N) is 2. The molecule has 0 spiro atoms. The van der Waals surface area contributed by atoms with Crippen LogP contribution in [0.1, 0.15) is 49.0 Å². The van der Waals surface area contributed by atoms with Crippen LogP contribution in [-0.2, 0) is 26.2 Å². The summed E-state index contributed by atoms with van der Waals surface area (Å²) >= 11 is 12.6. The fourth-order valence-electron chi connectivity index (χ4n) is 3.80. The van der Waals surface area contributed by atoms with Gasteiger partial charge in [-0.05, 0) is 44.0 Å². The minimum atomic E-state index is -3.95. The Kier molecular flexibility index (Phi) is 8.79. The number of sulfonamides is 1. The Morgan fingerprint density at radius 1 is 1.09 bits per heavy atom. The van der Waals surface area contributed by atoms with Gasteiger partial charge in [0.2, 0.25) is 11.8 Å². The number of nitrogens with one attached hydrogen (secondary N) is 1. The molecule has 0 fully saturated rings. The van der Waals surface area contributed by atoms with Crippen molar-refractivity contribution >= 4 is 50.9 Å². The number of fused-ring (bicyclic) bond motifs is 1. The van der Waals surface area contributed by atoms with E-state index >= 15 is 0 Å². The topological polar surface area (TPSA) is 104 Å². The highest BCUT2D eigenvalue weighted by atomic mass is 35.5. The lowest BCUT2D eigenvalue weighted by molar-refractivity contribution is -0.140. The van der Waals surface area contributed by atoms with Crippen molar-refractivity contribution in [3.8, 4) is 0 Å². The fourth-order valence-corrected chi connectivity index (χ4v) is 5.93. The quantitative estimate of drug-likeness (QED) is 0.493. The molecule has 3 amide bonds. The molecule has 1 aliphatic heterocycles. The Morgan fingerprint density at radius 3 is 2.37 bits per heavy atom. The van der Waals surface area contributed by atoms with E-state index in [1.165, 1.54) is 17.0 Å². The number of hydrogen-bond donors (Lipinski definition) is 1. The van der Waals surface area contributed by atoms with Crippen LogP contribution in [0.4, 0.5) is 0 Å². The largest absolute Gasteiger partial charge is 0.354 e. The van der Waals surface area contributed by atoms with E-state index in [0.29, 0.717) is 22.2 Å². The number of rotatable bonds is 10. The van der Waals surface area contributed by atoms with Crippen LogP contribution < -0.4 is 5.32 Å². The lowest BCUT2D eigenvalue weighted by Gasteiger charge is -2.29. The van der Waals surface area contributed by atoms with Gasteiger partial charge < -0.3 is 10.2 Å². The van der Waals surface area contributed by atoms with Crippen LogP contribution in [0.5, 0.6) is 0 Å². The van der Waals surface area contributed by atoms with Gasteiger partial charge in [-0.15, -0.1) is 0 Å². The second kappa shape index (κ2) is 11.4. The van der Waals surface area contributed by atoms with Crippen molar-refractivity contribution in [2.45, 2.75) is 50.6 Å². The van der Waals surface area contributed by atoms with Crippen molar-refractivity contribution in [2.75, 3.05) is 13.1 Å². The molecule has 11 heteroatoms. The van der Waals surface area contributed by atoms with Gasteiger partial charge in [0.15, 0.2) is 0 Å². The lowest BCUT2D eigenvalue weighted by atomic mass is 10.1. The molecule has 1 unspecified atom stereocenters. The van der Waals surface area contributed by atoms with Gasteiger partial charge in [0, 0.05) is 41.7 Å². The standard InChI is InChI=1S/C24H27Cl2N3O5S/c1-3-13-27-23(31)16(2)28(15-18-19(25)9-6-10-20(18)26)22(30)12-7-14-29-24(32)17-8-4-5-11-21(17)35(29,33)34/h4-6,8-11,16H,3,7,12-15H2,1-2H3,(H,27,31). The zero-order valence-corrected chi connectivity index (χ0v) is 21.8. The second-order valence-electron chi connectivity index (χ2n) is 8.17. The van der Waals surface area contributed by atoms with Crippen molar-refractivity contribution in [1.29, 1.82) is 0 Å². The van der Waals surface area contributed by atoms with E-state index in [9.17, 15) is 22.8 Å². The predicted octanol–water partition coefficient (Wildman–Crippen LogP) is 3.86. The first-order valence-electron chi connectivity index (χ1n) is 11.3. The SMILES string of the molecule is CCCNC(=O)C(C)N(Cc1c(Cl)cccc1Cl)C(=O)CCCN1C(=O)c2ccccc2S1(=O)=O. The molecular formula is C24H27Cl2N3O5S. The first-order chi connectivity index (χ1) is 16.6. The van der Waals surface area contributed by atoms with Gasteiger partial charge in [0.05, 0.1) is 5.56 Å². The van der Waals surface area contributed by atoms with Crippen molar-refractivity contribution in [3.05, 3.63) is 63.6 Å². The van der Waals surface area contributed by atoms with E-state index in [-0.39, 0.29) is 48.2 Å². The molecule has 1 heterocycles. The summed E-state index contributed by atoms with van der Waals surface area (Å²) in [6.45, 7) is 3.85. The lowest BCUT2D eigenvalue weighted by Crippen LogP contribution is -2.48. The van der Waals surface area contributed by atoms with Gasteiger partial charge in [-0.3, -0.25) is 14.4 Å². The first kappa shape index (κ1) is 27.0. The summed E-state index contributed by atoms with van der Waals surface area (Å²) < 4.78 is 26.3. The Hall–Kier alpha value is -2.62. The van der Waals surface area contributed by atoms with Crippen molar-refractivity contribution in [1.82, 2.24) is 14.5 Å². The van der Waals surface area contributed by atoms with Gasteiger partial charge in [0.25, 0.3) is 15.9 Å². The van der Waals surface area contributed by atoms with Crippen molar-refractivity contribution < 1.29 is 22.8 Å². The van der Waals surface area contributed by atoms with E-state index < -0.39 is 22.0 Å². The van der Waals surface area contributed by atoms with Crippen molar-refractivity contribution in [3.63, 3.8) is 0 Å². The Bertz CT molecular complexity index is 1220. The highest BCUT2D eigenvalue weighted by molar-refractivity contribution is 7.90. The molecule has 0 radical (unpaired) electrons. The highest BCUT2D eigenvalue weighted by Crippen LogP contribution is 2.30. The summed E-state index contributed by atoms with van der Waals surface area (Å²) in [6, 6.07) is 10.2. The van der Waals surface area contributed by atoms with E-state index in [2.05, 4.69) is 5.32 Å². The van der Waals surface area contributed by atoms with Gasteiger partial charge in [0.1, 0.15) is 10.9 Å². The summed E-state index contributed by atoms with van der Waals surface area (Å²) in [4.78, 5) is 39.8. The van der Waals surface area contributed by atoms with Gasteiger partial charge >= 0.3 is 0 Å². The molecule has 3 rings (SSSR count). The molecule has 0 bridgehead atoms. The number of benzene rings is 2. The maximum absolute atomic E-state index is 13.2. The van der Waals surface area contributed by atoms with E-state index in [1.807, 2.05) is 6.92 Å². The Balaban J connectivity index is 1.74. The summed E-state index contributed by atoms with van der Waals surface area (Å²) in [6.07, 6.45) is 0.750.